The van der Waals surface area contributed by atoms with Crippen LogP contribution < -0.4 is 5.73 Å². The van der Waals surface area contributed by atoms with Gasteiger partial charge in [-0.2, -0.15) is 8.42 Å². The Morgan fingerprint density at radius 1 is 1.55 bits per heavy atom. The maximum atomic E-state index is 10.2. The van der Waals surface area contributed by atoms with Crippen molar-refractivity contribution in [1.82, 2.24) is 0 Å². The van der Waals surface area contributed by atoms with E-state index in [9.17, 15) is 8.42 Å². The highest BCUT2D eigenvalue weighted by molar-refractivity contribution is 7.85. The summed E-state index contributed by atoms with van der Waals surface area (Å²) in [5.41, 5.74) is 5.24. The van der Waals surface area contributed by atoms with Gasteiger partial charge in [0.15, 0.2) is 0 Å². The Hall–Kier alpha value is -0.170. The first kappa shape index (κ1) is 10.8. The van der Waals surface area contributed by atoms with Gasteiger partial charge < -0.3 is 10.8 Å². The van der Waals surface area contributed by atoms with Crippen molar-refractivity contribution in [3.8, 4) is 0 Å². The third-order valence-electron chi connectivity index (χ3n) is 1.28. The Balaban J connectivity index is 3.72. The zero-order chi connectivity index (χ0) is 9.07. The lowest BCUT2D eigenvalue weighted by Crippen LogP contribution is -2.32. The molecule has 0 amide bonds. The number of hydrogen-bond acceptors (Lipinski definition) is 4. The summed E-state index contributed by atoms with van der Waals surface area (Å²) in [5, 5.41) is 8.99. The lowest BCUT2D eigenvalue weighted by molar-refractivity contribution is 0.147. The van der Waals surface area contributed by atoms with Crippen molar-refractivity contribution in [2.75, 3.05) is 5.75 Å². The highest BCUT2D eigenvalue weighted by Crippen LogP contribution is 1.98. The summed E-state index contributed by atoms with van der Waals surface area (Å²) in [5.74, 6) is -0.449. The van der Waals surface area contributed by atoms with E-state index in [1.165, 1.54) is 0 Å². The van der Waals surface area contributed by atoms with Gasteiger partial charge in [-0.15, -0.1) is 0 Å². The lowest BCUT2D eigenvalue weighted by atomic mass is 10.1. The molecule has 0 aromatic rings. The second kappa shape index (κ2) is 4.01. The van der Waals surface area contributed by atoms with Gasteiger partial charge in [0, 0.05) is 6.04 Å². The minimum absolute atomic E-state index is 0.0312. The van der Waals surface area contributed by atoms with Crippen molar-refractivity contribution >= 4 is 10.1 Å². The number of rotatable bonds is 4. The first-order valence-electron chi connectivity index (χ1n) is 3.22. The normalized spacial score (nSPS) is 17.8. The van der Waals surface area contributed by atoms with Gasteiger partial charge in [-0.3, -0.25) is 4.55 Å². The van der Waals surface area contributed by atoms with Gasteiger partial charge in [0.05, 0.1) is 11.9 Å². The first-order valence-corrected chi connectivity index (χ1v) is 4.82. The van der Waals surface area contributed by atoms with Crippen LogP contribution in [0.2, 0.25) is 0 Å². The van der Waals surface area contributed by atoms with Crippen LogP contribution >= 0.6 is 0 Å². The number of nitrogens with two attached hydrogens (primary N) is 1. The van der Waals surface area contributed by atoms with Crippen LogP contribution in [0.5, 0.6) is 0 Å². The Bertz CT molecular complexity index is 199. The Morgan fingerprint density at radius 2 is 2.00 bits per heavy atom. The van der Waals surface area contributed by atoms with Crippen molar-refractivity contribution in [1.29, 1.82) is 0 Å². The van der Waals surface area contributed by atoms with Crippen LogP contribution in [0.25, 0.3) is 0 Å². The van der Waals surface area contributed by atoms with Crippen molar-refractivity contribution in [2.45, 2.75) is 25.5 Å². The maximum absolute atomic E-state index is 10.2. The van der Waals surface area contributed by atoms with Gasteiger partial charge in [0.25, 0.3) is 10.1 Å². The highest BCUT2D eigenvalue weighted by atomic mass is 32.2. The van der Waals surface area contributed by atoms with Gasteiger partial charge >= 0.3 is 0 Å². The predicted molar refractivity (Wildman–Crippen MR) is 40.7 cm³/mol. The maximum Gasteiger partial charge on any atom is 0.264 e. The molecule has 0 fully saturated rings. The fourth-order valence-corrected chi connectivity index (χ4v) is 1.07. The zero-order valence-corrected chi connectivity index (χ0v) is 7.08. The van der Waals surface area contributed by atoms with Gasteiger partial charge in [0.1, 0.15) is 0 Å². The molecule has 0 aromatic carbocycles. The third kappa shape index (κ3) is 6.24. The first-order chi connectivity index (χ1) is 4.83. The highest BCUT2D eigenvalue weighted by Gasteiger charge is 2.13. The molecule has 0 aromatic heterocycles. The van der Waals surface area contributed by atoms with Crippen molar-refractivity contribution in [3.05, 3.63) is 0 Å². The van der Waals surface area contributed by atoms with E-state index < -0.39 is 28.0 Å². The summed E-state index contributed by atoms with van der Waals surface area (Å²) in [4.78, 5) is 0. The molecule has 5 nitrogen and oxygen atoms in total. The average molecular weight is 183 g/mol. The van der Waals surface area contributed by atoms with Gasteiger partial charge in [0.2, 0.25) is 0 Å². The molecule has 0 saturated heterocycles. The molecule has 0 heterocycles. The molecule has 2 atom stereocenters. The number of aliphatic hydroxyl groups excluding tert-OH is 1. The van der Waals surface area contributed by atoms with Crippen molar-refractivity contribution in [2.24, 2.45) is 5.73 Å². The summed E-state index contributed by atoms with van der Waals surface area (Å²) in [7, 11) is -3.97. The predicted octanol–water partition coefficient (Wildman–Crippen LogP) is -1.03. The fourth-order valence-electron chi connectivity index (χ4n) is 0.533. The molecular weight excluding hydrogens is 170 g/mol. The summed E-state index contributed by atoms with van der Waals surface area (Å²) >= 11 is 0. The van der Waals surface area contributed by atoms with Crippen LogP contribution in [-0.4, -0.2) is 36.0 Å². The van der Waals surface area contributed by atoms with Crippen LogP contribution in [0.4, 0.5) is 0 Å². The van der Waals surface area contributed by atoms with E-state index in [0.29, 0.717) is 0 Å². The van der Waals surface area contributed by atoms with Crippen LogP contribution in [0.15, 0.2) is 0 Å². The smallest absolute Gasteiger partial charge is 0.264 e. The molecule has 0 radical (unpaired) electrons. The second-order valence-corrected chi connectivity index (χ2v) is 4.07. The summed E-state index contributed by atoms with van der Waals surface area (Å²) in [6.45, 7) is 1.56. The van der Waals surface area contributed by atoms with Gasteiger partial charge in [-0.05, 0) is 13.3 Å². The molecular formula is C5H13NO4S. The number of aliphatic hydroxyl groups is 1. The summed E-state index contributed by atoms with van der Waals surface area (Å²) in [6, 6.07) is -0.475. The molecule has 68 valence electrons. The standard InChI is InChI=1S/C5H13NO4S/c1-4(6)5(7)2-3-11(8,9)10/h4-5,7H,2-3,6H2,1H3,(H,8,9,10). The SMILES string of the molecule is CC(N)C(O)CCS(=O)(=O)O. The molecule has 0 spiro atoms. The Kier molecular flexibility index (Phi) is 3.95. The monoisotopic (exact) mass is 183 g/mol. The van der Waals surface area contributed by atoms with Crippen LogP contribution in [-0.2, 0) is 10.1 Å². The zero-order valence-electron chi connectivity index (χ0n) is 6.27. The van der Waals surface area contributed by atoms with E-state index >= 15 is 0 Å². The second-order valence-electron chi connectivity index (χ2n) is 2.50. The van der Waals surface area contributed by atoms with E-state index in [0.717, 1.165) is 0 Å². The van der Waals surface area contributed by atoms with Crippen molar-refractivity contribution < 1.29 is 18.1 Å². The van der Waals surface area contributed by atoms with Crippen LogP contribution in [0, 0.1) is 0 Å². The third-order valence-corrected chi connectivity index (χ3v) is 2.03. The Labute approximate surface area is 66.0 Å². The van der Waals surface area contributed by atoms with Crippen LogP contribution in [0.3, 0.4) is 0 Å². The molecule has 2 unspecified atom stereocenters. The molecule has 6 heteroatoms. The van der Waals surface area contributed by atoms with E-state index in [1.54, 1.807) is 6.92 Å². The van der Waals surface area contributed by atoms with E-state index in [-0.39, 0.29) is 6.42 Å². The lowest BCUT2D eigenvalue weighted by Gasteiger charge is -2.12. The molecule has 0 bridgehead atoms. The molecule has 4 N–H and O–H groups in total. The van der Waals surface area contributed by atoms with Crippen LogP contribution in [0.1, 0.15) is 13.3 Å². The molecule has 0 aliphatic heterocycles. The summed E-state index contributed by atoms with van der Waals surface area (Å²) in [6.07, 6.45) is -0.909. The summed E-state index contributed by atoms with van der Waals surface area (Å²) < 4.78 is 28.6. The Morgan fingerprint density at radius 3 is 2.27 bits per heavy atom. The molecule has 0 aliphatic carbocycles. The van der Waals surface area contributed by atoms with E-state index in [4.69, 9.17) is 15.4 Å². The molecule has 0 saturated carbocycles. The van der Waals surface area contributed by atoms with Gasteiger partial charge in [-0.25, -0.2) is 0 Å². The quantitative estimate of drug-likeness (QED) is 0.484. The van der Waals surface area contributed by atoms with Gasteiger partial charge in [-0.1, -0.05) is 0 Å². The topological polar surface area (TPSA) is 101 Å². The van der Waals surface area contributed by atoms with E-state index in [1.807, 2.05) is 0 Å². The minimum Gasteiger partial charge on any atom is -0.391 e. The molecule has 11 heavy (non-hydrogen) atoms. The van der Waals surface area contributed by atoms with Crippen molar-refractivity contribution in [3.63, 3.8) is 0 Å². The number of hydrogen-bond donors (Lipinski definition) is 3. The fraction of sp³-hybridized carbons (Fsp3) is 1.00. The minimum atomic E-state index is -3.97. The van der Waals surface area contributed by atoms with E-state index in [2.05, 4.69) is 0 Å². The molecule has 0 aliphatic rings. The molecule has 0 rings (SSSR count). The largest absolute Gasteiger partial charge is 0.391 e. The average Bonchev–Trinajstić information content (AvgIpc) is 1.80.